The fourth-order valence-corrected chi connectivity index (χ4v) is 4.77. The molecule has 0 aromatic rings. The van der Waals surface area contributed by atoms with Gasteiger partial charge in [-0.05, 0) is 43.4 Å². The molecule has 2 fully saturated rings. The van der Waals surface area contributed by atoms with Crippen LogP contribution >= 0.6 is 0 Å². The number of Topliss-reactive ketones (excluding diaryl/α,β-unsaturated/α-hetero) is 1. The molecule has 3 atom stereocenters. The molecule has 10 nitrogen and oxygen atoms in total. The van der Waals surface area contributed by atoms with E-state index in [1.54, 1.807) is 20.8 Å². The SMILES string of the molecule is CNC(=O)C(=O)[C@H](CCC(C)(F)F)NC(=O)[C@@H]1CC2(CCC2)CN1C(=O)[C@@H](NC(=O)OC)C(C)(C)C. The molecule has 36 heavy (non-hydrogen) atoms. The monoisotopic (exact) mass is 516 g/mol. The van der Waals surface area contributed by atoms with E-state index >= 15 is 0 Å². The van der Waals surface area contributed by atoms with Gasteiger partial charge in [-0.2, -0.15) is 0 Å². The number of likely N-dealkylation sites (tertiary alicyclic amines) is 1. The van der Waals surface area contributed by atoms with Crippen LogP contribution in [0.3, 0.4) is 0 Å². The molecule has 204 valence electrons. The molecule has 1 saturated heterocycles. The lowest BCUT2D eigenvalue weighted by atomic mass is 9.67. The molecule has 1 heterocycles. The number of nitrogens with one attached hydrogen (secondary N) is 3. The van der Waals surface area contributed by atoms with E-state index in [0.717, 1.165) is 19.3 Å². The molecule has 0 aromatic carbocycles. The highest BCUT2D eigenvalue weighted by Gasteiger charge is 2.53. The lowest BCUT2D eigenvalue weighted by Crippen LogP contribution is -2.59. The Bertz CT molecular complexity index is 879. The van der Waals surface area contributed by atoms with Gasteiger partial charge < -0.3 is 25.6 Å². The molecule has 0 radical (unpaired) electrons. The Morgan fingerprint density at radius 3 is 2.14 bits per heavy atom. The van der Waals surface area contributed by atoms with Crippen LogP contribution < -0.4 is 16.0 Å². The topological polar surface area (TPSA) is 134 Å². The van der Waals surface area contributed by atoms with Crippen LogP contribution in [0.15, 0.2) is 0 Å². The Morgan fingerprint density at radius 1 is 1.08 bits per heavy atom. The molecule has 2 rings (SSSR count). The Labute approximate surface area is 210 Å². The second-order valence-corrected chi connectivity index (χ2v) is 11.1. The van der Waals surface area contributed by atoms with Gasteiger partial charge in [0.15, 0.2) is 0 Å². The average Bonchev–Trinajstić information content (AvgIpc) is 3.19. The van der Waals surface area contributed by atoms with Gasteiger partial charge in [-0.25, -0.2) is 13.6 Å². The zero-order chi connectivity index (χ0) is 27.5. The Morgan fingerprint density at radius 2 is 1.69 bits per heavy atom. The van der Waals surface area contributed by atoms with E-state index in [1.165, 1.54) is 19.1 Å². The maximum Gasteiger partial charge on any atom is 0.407 e. The third kappa shape index (κ3) is 7.13. The van der Waals surface area contributed by atoms with Crippen molar-refractivity contribution in [3.63, 3.8) is 0 Å². The van der Waals surface area contributed by atoms with Crippen LogP contribution in [0.4, 0.5) is 13.6 Å². The first kappa shape index (κ1) is 29.4. The number of ether oxygens (including phenoxy) is 1. The molecule has 2 aliphatic rings. The lowest BCUT2D eigenvalue weighted by Gasteiger charge is -2.39. The third-order valence-electron chi connectivity index (χ3n) is 7.02. The van der Waals surface area contributed by atoms with E-state index in [0.29, 0.717) is 19.9 Å². The molecule has 12 heteroatoms. The van der Waals surface area contributed by atoms with Gasteiger partial charge >= 0.3 is 6.09 Å². The highest BCUT2D eigenvalue weighted by atomic mass is 19.3. The number of halogens is 2. The Kier molecular flexibility index (Phi) is 9.06. The summed E-state index contributed by atoms with van der Waals surface area (Å²) in [5.74, 6) is -6.32. The van der Waals surface area contributed by atoms with Crippen LogP contribution in [0.1, 0.15) is 66.2 Å². The number of nitrogens with zero attached hydrogens (tertiary/aromatic N) is 1. The Hall–Kier alpha value is -2.79. The van der Waals surface area contributed by atoms with Crippen molar-refractivity contribution in [3.8, 4) is 0 Å². The smallest absolute Gasteiger partial charge is 0.407 e. The van der Waals surface area contributed by atoms with Crippen molar-refractivity contribution >= 4 is 29.6 Å². The summed E-state index contributed by atoms with van der Waals surface area (Å²) in [5, 5.41) is 7.16. The van der Waals surface area contributed by atoms with E-state index in [2.05, 4.69) is 20.7 Å². The van der Waals surface area contributed by atoms with Crippen molar-refractivity contribution < 1.29 is 37.5 Å². The third-order valence-corrected chi connectivity index (χ3v) is 7.02. The van der Waals surface area contributed by atoms with Crippen LogP contribution in [0, 0.1) is 10.8 Å². The summed E-state index contributed by atoms with van der Waals surface area (Å²) in [6, 6.07) is -3.45. The molecule has 1 aliphatic heterocycles. The van der Waals surface area contributed by atoms with E-state index in [1.807, 2.05) is 0 Å². The number of ketones is 1. The molecule has 1 aliphatic carbocycles. The first-order valence-corrected chi connectivity index (χ1v) is 12.1. The maximum atomic E-state index is 13.7. The predicted octanol–water partition coefficient (Wildman–Crippen LogP) is 1.76. The fourth-order valence-electron chi connectivity index (χ4n) is 4.77. The normalized spacial score (nSPS) is 20.7. The number of methoxy groups -OCH3 is 1. The quantitative estimate of drug-likeness (QED) is 0.400. The van der Waals surface area contributed by atoms with Crippen LogP contribution in [0.2, 0.25) is 0 Å². The molecular weight excluding hydrogens is 478 g/mol. The minimum Gasteiger partial charge on any atom is -0.453 e. The summed E-state index contributed by atoms with van der Waals surface area (Å²) in [6.45, 7) is 6.27. The molecule has 1 spiro atoms. The van der Waals surface area contributed by atoms with E-state index in [9.17, 15) is 32.8 Å². The van der Waals surface area contributed by atoms with Crippen molar-refractivity contribution in [2.45, 2.75) is 90.3 Å². The fraction of sp³-hybridized carbons (Fsp3) is 0.792. The summed E-state index contributed by atoms with van der Waals surface area (Å²) in [4.78, 5) is 64.9. The Balaban J connectivity index is 2.32. The lowest BCUT2D eigenvalue weighted by molar-refractivity contribution is -0.144. The number of carbonyl (C=O) groups is 5. The summed E-state index contributed by atoms with van der Waals surface area (Å²) >= 11 is 0. The second kappa shape index (κ2) is 11.1. The summed E-state index contributed by atoms with van der Waals surface area (Å²) in [5.41, 5.74) is -0.978. The number of alkyl carbamates (subject to hydrolysis) is 1. The maximum absolute atomic E-state index is 13.7. The van der Waals surface area contributed by atoms with Gasteiger partial charge in [0.05, 0.1) is 13.2 Å². The van der Waals surface area contributed by atoms with Crippen molar-refractivity contribution in [2.24, 2.45) is 10.8 Å². The van der Waals surface area contributed by atoms with Gasteiger partial charge in [-0.15, -0.1) is 0 Å². The minimum absolute atomic E-state index is 0.262. The van der Waals surface area contributed by atoms with E-state index < -0.39 is 71.9 Å². The molecule has 0 unspecified atom stereocenters. The minimum atomic E-state index is -3.10. The zero-order valence-electron chi connectivity index (χ0n) is 21.8. The number of rotatable bonds is 9. The highest BCUT2D eigenvalue weighted by molar-refractivity contribution is 6.38. The van der Waals surface area contributed by atoms with E-state index in [-0.39, 0.29) is 5.41 Å². The number of likely N-dealkylation sites (N-methyl/N-ethyl adjacent to an activating group) is 1. The highest BCUT2D eigenvalue weighted by Crippen LogP contribution is 2.50. The van der Waals surface area contributed by atoms with Gasteiger partial charge in [0, 0.05) is 20.0 Å². The van der Waals surface area contributed by atoms with Crippen molar-refractivity contribution in [1.29, 1.82) is 0 Å². The summed E-state index contributed by atoms with van der Waals surface area (Å²) < 4.78 is 31.7. The number of hydrogen-bond acceptors (Lipinski definition) is 6. The molecule has 4 amide bonds. The first-order valence-electron chi connectivity index (χ1n) is 12.1. The van der Waals surface area contributed by atoms with Gasteiger partial charge in [-0.1, -0.05) is 27.2 Å². The number of hydrogen-bond donors (Lipinski definition) is 3. The van der Waals surface area contributed by atoms with Gasteiger partial charge in [0.2, 0.25) is 23.5 Å². The van der Waals surface area contributed by atoms with Crippen molar-refractivity contribution in [1.82, 2.24) is 20.9 Å². The van der Waals surface area contributed by atoms with Gasteiger partial charge in [0.1, 0.15) is 12.1 Å². The molecule has 1 saturated carbocycles. The zero-order valence-corrected chi connectivity index (χ0v) is 21.8. The van der Waals surface area contributed by atoms with Gasteiger partial charge in [-0.3, -0.25) is 19.2 Å². The molecule has 0 aromatic heterocycles. The largest absolute Gasteiger partial charge is 0.453 e. The molecule has 3 N–H and O–H groups in total. The molecular formula is C24H38F2N4O6. The average molecular weight is 517 g/mol. The summed E-state index contributed by atoms with van der Waals surface area (Å²) in [7, 11) is 2.41. The van der Waals surface area contributed by atoms with E-state index in [4.69, 9.17) is 0 Å². The van der Waals surface area contributed by atoms with Crippen molar-refractivity contribution in [2.75, 3.05) is 20.7 Å². The van der Waals surface area contributed by atoms with Crippen molar-refractivity contribution in [3.05, 3.63) is 0 Å². The van der Waals surface area contributed by atoms with Crippen LogP contribution in [-0.2, 0) is 23.9 Å². The number of carbonyl (C=O) groups excluding carboxylic acids is 5. The number of alkyl halides is 2. The van der Waals surface area contributed by atoms with Crippen LogP contribution in [0.5, 0.6) is 0 Å². The summed E-state index contributed by atoms with van der Waals surface area (Å²) in [6.07, 6.45) is 0.961. The predicted molar refractivity (Wildman–Crippen MR) is 126 cm³/mol. The first-order chi connectivity index (χ1) is 16.5. The van der Waals surface area contributed by atoms with Crippen LogP contribution in [0.25, 0.3) is 0 Å². The van der Waals surface area contributed by atoms with Gasteiger partial charge in [0.25, 0.3) is 5.91 Å². The standard InChI is InChI=1S/C24H38F2N4O6/c1-22(2,3)17(29-21(35)36-6)20(34)30-13-24(9-7-10-24)12-15(30)18(32)28-14(8-11-23(4,25)26)16(31)19(33)27-5/h14-15,17H,7-13H2,1-6H3,(H,27,33)(H,28,32)(H,29,35)/t14-,15-,17+/m0/s1. The van der Waals surface area contributed by atoms with Crippen LogP contribution in [-0.4, -0.2) is 79.2 Å². The number of amides is 4. The molecule has 0 bridgehead atoms. The second-order valence-electron chi connectivity index (χ2n) is 11.1.